The number of hydrogen-bond donors (Lipinski definition) is 0. The molecule has 6 heteroatoms. The highest BCUT2D eigenvalue weighted by Gasteiger charge is 2.21. The summed E-state index contributed by atoms with van der Waals surface area (Å²) in [5, 5.41) is 0. The molecule has 0 spiro atoms. The van der Waals surface area contributed by atoms with Gasteiger partial charge in [0.1, 0.15) is 0 Å². The van der Waals surface area contributed by atoms with Crippen molar-refractivity contribution in [2.75, 3.05) is 44.7 Å². The van der Waals surface area contributed by atoms with Crippen molar-refractivity contribution in [3.05, 3.63) is 60.7 Å². The molecular formula is C19H24N4O2. The second-order valence-electron chi connectivity index (χ2n) is 5.89. The molecule has 0 unspecified atom stereocenters. The molecule has 0 saturated carbocycles. The van der Waals surface area contributed by atoms with Gasteiger partial charge in [-0.3, -0.25) is 9.80 Å². The topological polar surface area (TPSA) is 47.1 Å². The van der Waals surface area contributed by atoms with Crippen LogP contribution < -0.4 is 9.80 Å². The van der Waals surface area contributed by atoms with Crippen molar-refractivity contribution in [3.8, 4) is 0 Å². The van der Waals surface area contributed by atoms with Gasteiger partial charge < -0.3 is 9.80 Å². The van der Waals surface area contributed by atoms with Gasteiger partial charge in [-0.1, -0.05) is 36.4 Å². The molecule has 0 radical (unpaired) electrons. The molecule has 6 nitrogen and oxygen atoms in total. The fraction of sp³-hybridized carbons (Fsp3) is 0.263. The van der Waals surface area contributed by atoms with E-state index in [2.05, 4.69) is 0 Å². The lowest BCUT2D eigenvalue weighted by molar-refractivity contribution is 0.175. The number of nitrogens with zero attached hydrogens (tertiary/aromatic N) is 4. The number of urea groups is 2. The molecule has 2 aromatic rings. The van der Waals surface area contributed by atoms with Crippen molar-refractivity contribution in [2.45, 2.75) is 0 Å². The van der Waals surface area contributed by atoms with E-state index in [4.69, 9.17) is 0 Å². The third kappa shape index (κ3) is 4.50. The van der Waals surface area contributed by atoms with Gasteiger partial charge >= 0.3 is 12.1 Å². The third-order valence-electron chi connectivity index (χ3n) is 3.94. The molecule has 4 amide bonds. The predicted molar refractivity (Wildman–Crippen MR) is 101 cm³/mol. The Hall–Kier alpha value is -3.02. The number of para-hydroxylation sites is 2. The van der Waals surface area contributed by atoms with Crippen LogP contribution in [0.5, 0.6) is 0 Å². The number of anilines is 2. The first-order valence-corrected chi connectivity index (χ1v) is 7.99. The second-order valence-corrected chi connectivity index (χ2v) is 5.89. The van der Waals surface area contributed by atoms with Gasteiger partial charge in [0.05, 0.1) is 6.67 Å². The van der Waals surface area contributed by atoms with Crippen LogP contribution in [0.25, 0.3) is 0 Å². The Balaban J connectivity index is 1.98. The molecule has 25 heavy (non-hydrogen) atoms. The second kappa shape index (κ2) is 8.19. The molecule has 132 valence electrons. The standard InChI is InChI=1S/C19H24N4O2/c1-20(18(24)22(3)16-11-7-5-8-12-16)15-21(2)19(25)23(4)17-13-9-6-10-14-17/h5-14H,15H2,1-4H3. The maximum atomic E-state index is 12.5. The third-order valence-corrected chi connectivity index (χ3v) is 3.94. The van der Waals surface area contributed by atoms with Crippen LogP contribution in [0.3, 0.4) is 0 Å². The van der Waals surface area contributed by atoms with Crippen molar-refractivity contribution >= 4 is 23.4 Å². The minimum absolute atomic E-state index is 0.187. The zero-order valence-electron chi connectivity index (χ0n) is 15.1. The molecule has 0 fully saturated rings. The lowest BCUT2D eigenvalue weighted by Crippen LogP contribution is -2.48. The van der Waals surface area contributed by atoms with Crippen LogP contribution in [-0.2, 0) is 0 Å². The van der Waals surface area contributed by atoms with E-state index in [1.165, 1.54) is 9.80 Å². The fourth-order valence-electron chi connectivity index (χ4n) is 2.48. The summed E-state index contributed by atoms with van der Waals surface area (Å²) >= 11 is 0. The van der Waals surface area contributed by atoms with Crippen molar-refractivity contribution in [1.29, 1.82) is 0 Å². The maximum Gasteiger partial charge on any atom is 0.325 e. The fourth-order valence-corrected chi connectivity index (χ4v) is 2.48. The Morgan fingerprint density at radius 2 is 0.960 bits per heavy atom. The van der Waals surface area contributed by atoms with E-state index in [1.54, 1.807) is 38.0 Å². The normalized spacial score (nSPS) is 10.1. The Kier molecular flexibility index (Phi) is 6.00. The molecule has 0 aliphatic heterocycles. The van der Waals surface area contributed by atoms with Crippen molar-refractivity contribution in [1.82, 2.24) is 9.80 Å². The van der Waals surface area contributed by atoms with E-state index < -0.39 is 0 Å². The molecule has 0 heterocycles. The van der Waals surface area contributed by atoms with Gasteiger partial charge in [0, 0.05) is 39.6 Å². The van der Waals surface area contributed by atoms with Gasteiger partial charge in [-0.05, 0) is 24.3 Å². The summed E-state index contributed by atoms with van der Waals surface area (Å²) in [6, 6.07) is 18.4. The number of carbonyl (C=O) groups excluding carboxylic acids is 2. The summed E-state index contributed by atoms with van der Waals surface area (Å²) < 4.78 is 0. The zero-order valence-corrected chi connectivity index (χ0v) is 15.1. The highest BCUT2D eigenvalue weighted by Crippen LogP contribution is 2.14. The summed E-state index contributed by atoms with van der Waals surface area (Å²) in [7, 11) is 6.78. The molecule has 0 bridgehead atoms. The average molecular weight is 340 g/mol. The zero-order chi connectivity index (χ0) is 18.4. The summed E-state index contributed by atoms with van der Waals surface area (Å²) in [4.78, 5) is 31.2. The van der Waals surface area contributed by atoms with Crippen molar-refractivity contribution in [2.24, 2.45) is 0 Å². The SMILES string of the molecule is CN(CN(C)C(=O)N(C)c1ccccc1)C(=O)N(C)c1ccccc1. The highest BCUT2D eigenvalue weighted by molar-refractivity contribution is 5.93. The quantitative estimate of drug-likeness (QED) is 0.802. The maximum absolute atomic E-state index is 12.5. The molecule has 0 aliphatic carbocycles. The lowest BCUT2D eigenvalue weighted by atomic mass is 10.3. The summed E-state index contributed by atoms with van der Waals surface area (Å²) in [6.07, 6.45) is 0. The molecule has 0 N–H and O–H groups in total. The van der Waals surface area contributed by atoms with Crippen LogP contribution in [0.2, 0.25) is 0 Å². The van der Waals surface area contributed by atoms with Crippen LogP contribution in [-0.4, -0.2) is 56.7 Å². The first-order chi connectivity index (χ1) is 11.9. The van der Waals surface area contributed by atoms with E-state index in [0.29, 0.717) is 0 Å². The Labute approximate surface area is 148 Å². The van der Waals surface area contributed by atoms with Crippen molar-refractivity contribution in [3.63, 3.8) is 0 Å². The van der Waals surface area contributed by atoms with Gasteiger partial charge in [-0.15, -0.1) is 0 Å². The minimum Gasteiger partial charge on any atom is -0.310 e. The van der Waals surface area contributed by atoms with Crippen LogP contribution in [0, 0.1) is 0 Å². The Morgan fingerprint density at radius 3 is 1.28 bits per heavy atom. The number of benzene rings is 2. The van der Waals surface area contributed by atoms with E-state index >= 15 is 0 Å². The monoisotopic (exact) mass is 340 g/mol. The lowest BCUT2D eigenvalue weighted by Gasteiger charge is -2.31. The van der Waals surface area contributed by atoms with E-state index in [9.17, 15) is 9.59 Å². The van der Waals surface area contributed by atoms with Crippen LogP contribution in [0.15, 0.2) is 60.7 Å². The van der Waals surface area contributed by atoms with Crippen LogP contribution in [0.1, 0.15) is 0 Å². The molecular weight excluding hydrogens is 316 g/mol. The average Bonchev–Trinajstić information content (AvgIpc) is 2.66. The van der Waals surface area contributed by atoms with Gasteiger partial charge in [-0.25, -0.2) is 9.59 Å². The van der Waals surface area contributed by atoms with Gasteiger partial charge in [0.15, 0.2) is 0 Å². The smallest absolute Gasteiger partial charge is 0.310 e. The van der Waals surface area contributed by atoms with Gasteiger partial charge in [0.25, 0.3) is 0 Å². The number of amides is 4. The molecule has 0 saturated heterocycles. The molecule has 2 rings (SSSR count). The summed E-state index contributed by atoms with van der Waals surface area (Å²) in [5.41, 5.74) is 1.60. The predicted octanol–water partition coefficient (Wildman–Crippen LogP) is 3.32. The summed E-state index contributed by atoms with van der Waals surface area (Å²) in [5.74, 6) is 0. The minimum atomic E-state index is -0.187. The van der Waals surface area contributed by atoms with Gasteiger partial charge in [0.2, 0.25) is 0 Å². The Bertz CT molecular complexity index is 644. The van der Waals surface area contributed by atoms with Crippen LogP contribution >= 0.6 is 0 Å². The van der Waals surface area contributed by atoms with Crippen molar-refractivity contribution < 1.29 is 9.59 Å². The summed E-state index contributed by atoms with van der Waals surface area (Å²) in [6.45, 7) is 0.187. The highest BCUT2D eigenvalue weighted by atomic mass is 16.2. The molecule has 2 aromatic carbocycles. The number of hydrogen-bond acceptors (Lipinski definition) is 2. The molecule has 0 aromatic heterocycles. The first kappa shape index (κ1) is 18.3. The van der Waals surface area contributed by atoms with E-state index in [0.717, 1.165) is 11.4 Å². The number of rotatable bonds is 4. The largest absolute Gasteiger partial charge is 0.325 e. The number of carbonyl (C=O) groups is 2. The first-order valence-electron chi connectivity index (χ1n) is 7.99. The molecule has 0 aliphatic rings. The molecule has 0 atom stereocenters. The van der Waals surface area contributed by atoms with Gasteiger partial charge in [-0.2, -0.15) is 0 Å². The van der Waals surface area contributed by atoms with E-state index in [1.807, 2.05) is 60.7 Å². The van der Waals surface area contributed by atoms with Crippen LogP contribution in [0.4, 0.5) is 21.0 Å². The Morgan fingerprint density at radius 1 is 0.640 bits per heavy atom. The van der Waals surface area contributed by atoms with E-state index in [-0.39, 0.29) is 18.7 Å².